The van der Waals surface area contributed by atoms with Crippen molar-refractivity contribution in [1.82, 2.24) is 0 Å². The highest BCUT2D eigenvalue weighted by Gasteiger charge is 2.51. The Morgan fingerprint density at radius 1 is 1.16 bits per heavy atom. The Kier molecular flexibility index (Phi) is 2.82. The van der Waals surface area contributed by atoms with Gasteiger partial charge in [0.05, 0.1) is 11.2 Å². The molecule has 3 rings (SSSR count). The van der Waals surface area contributed by atoms with Gasteiger partial charge < -0.3 is 15.0 Å². The maximum Gasteiger partial charge on any atom is 0.494 e. The number of hydrogen-bond donors (Lipinski definition) is 1. The highest BCUT2D eigenvalue weighted by Crippen LogP contribution is 2.37. The fourth-order valence-electron chi connectivity index (χ4n) is 2.80. The zero-order valence-electron chi connectivity index (χ0n) is 12.2. The van der Waals surface area contributed by atoms with Gasteiger partial charge in [0.1, 0.15) is 0 Å². The molecule has 1 saturated heterocycles. The van der Waals surface area contributed by atoms with Gasteiger partial charge >= 0.3 is 7.12 Å². The highest BCUT2D eigenvalue weighted by atomic mass is 16.7. The summed E-state index contributed by atoms with van der Waals surface area (Å²) < 4.78 is 12.2. The van der Waals surface area contributed by atoms with Gasteiger partial charge in [-0.15, -0.1) is 0 Å². The minimum atomic E-state index is -0.285. The van der Waals surface area contributed by atoms with Crippen LogP contribution in [0.4, 0.5) is 0 Å². The molecule has 3 nitrogen and oxygen atoms in total. The molecule has 0 aromatic heterocycles. The molecule has 1 aromatic rings. The van der Waals surface area contributed by atoms with Crippen molar-refractivity contribution in [1.29, 1.82) is 0 Å². The maximum absolute atomic E-state index is 6.08. The van der Waals surface area contributed by atoms with Crippen LogP contribution in [0.3, 0.4) is 0 Å². The third-order valence-corrected chi connectivity index (χ3v) is 4.82. The van der Waals surface area contributed by atoms with E-state index in [1.807, 2.05) is 0 Å². The van der Waals surface area contributed by atoms with Gasteiger partial charge in [-0.05, 0) is 57.1 Å². The molecule has 1 heterocycles. The molecule has 102 valence electrons. The topological polar surface area (TPSA) is 44.5 Å². The first-order valence-electron chi connectivity index (χ1n) is 7.04. The molecule has 4 heteroatoms. The lowest BCUT2D eigenvalue weighted by Gasteiger charge is -2.32. The van der Waals surface area contributed by atoms with Crippen LogP contribution in [-0.4, -0.2) is 18.3 Å². The Labute approximate surface area is 115 Å². The lowest BCUT2D eigenvalue weighted by molar-refractivity contribution is 0.00578. The first-order valence-corrected chi connectivity index (χ1v) is 7.04. The zero-order valence-corrected chi connectivity index (χ0v) is 12.2. The lowest BCUT2D eigenvalue weighted by Crippen LogP contribution is -2.41. The molecule has 0 radical (unpaired) electrons. The van der Waals surface area contributed by atoms with E-state index in [0.29, 0.717) is 0 Å². The highest BCUT2D eigenvalue weighted by molar-refractivity contribution is 6.62. The molecule has 1 aliphatic carbocycles. The van der Waals surface area contributed by atoms with Crippen molar-refractivity contribution in [3.05, 3.63) is 29.3 Å². The Bertz CT molecular complexity index is 497. The van der Waals surface area contributed by atoms with Gasteiger partial charge in [0.25, 0.3) is 0 Å². The van der Waals surface area contributed by atoms with Crippen molar-refractivity contribution in [2.24, 2.45) is 5.73 Å². The molecule has 1 fully saturated rings. The van der Waals surface area contributed by atoms with Gasteiger partial charge in [-0.1, -0.05) is 18.2 Å². The molecule has 2 aliphatic rings. The van der Waals surface area contributed by atoms with Crippen molar-refractivity contribution in [2.45, 2.75) is 57.8 Å². The van der Waals surface area contributed by atoms with E-state index >= 15 is 0 Å². The Morgan fingerprint density at radius 2 is 1.79 bits per heavy atom. The van der Waals surface area contributed by atoms with Gasteiger partial charge in [0, 0.05) is 6.04 Å². The summed E-state index contributed by atoms with van der Waals surface area (Å²) in [5.74, 6) is 0. The van der Waals surface area contributed by atoms with Gasteiger partial charge in [-0.2, -0.15) is 0 Å². The smallest absolute Gasteiger partial charge is 0.399 e. The predicted molar refractivity (Wildman–Crippen MR) is 77.4 cm³/mol. The predicted octanol–water partition coefficient (Wildman–Crippen LogP) is 1.93. The minimum absolute atomic E-state index is 0.197. The number of nitrogens with two attached hydrogens (primary N) is 1. The summed E-state index contributed by atoms with van der Waals surface area (Å²) in [7, 11) is -0.271. The number of rotatable bonds is 1. The third-order valence-electron chi connectivity index (χ3n) is 4.82. The van der Waals surface area contributed by atoms with E-state index in [9.17, 15) is 0 Å². The number of fused-ring (bicyclic) bond motifs is 1. The van der Waals surface area contributed by atoms with Crippen LogP contribution in [-0.2, 0) is 15.7 Å². The second-order valence-corrected chi connectivity index (χ2v) is 6.69. The SMILES string of the molecule is CC1(C)OB(c2ccc3c(c2)CC[C@H]3N)OC1(C)C. The Hall–Kier alpha value is -0.835. The fourth-order valence-corrected chi connectivity index (χ4v) is 2.80. The van der Waals surface area contributed by atoms with Crippen LogP contribution >= 0.6 is 0 Å². The second kappa shape index (κ2) is 4.08. The van der Waals surface area contributed by atoms with Gasteiger partial charge in [0.2, 0.25) is 0 Å². The number of benzene rings is 1. The standard InChI is InChI=1S/C15H22BNO2/c1-14(2)15(3,4)19-16(18-14)11-6-7-12-10(9-11)5-8-13(12)17/h6-7,9,13H,5,8,17H2,1-4H3/t13-/m1/s1. The first-order chi connectivity index (χ1) is 8.80. The molecule has 19 heavy (non-hydrogen) atoms. The van der Waals surface area contributed by atoms with E-state index < -0.39 is 0 Å². The van der Waals surface area contributed by atoms with E-state index in [0.717, 1.165) is 18.3 Å². The molecule has 0 spiro atoms. The van der Waals surface area contributed by atoms with Gasteiger partial charge in [0.15, 0.2) is 0 Å². The fraction of sp³-hybridized carbons (Fsp3) is 0.600. The monoisotopic (exact) mass is 259 g/mol. The van der Waals surface area contributed by atoms with Gasteiger partial charge in [-0.3, -0.25) is 0 Å². The van der Waals surface area contributed by atoms with Crippen molar-refractivity contribution in [3.8, 4) is 0 Å². The van der Waals surface area contributed by atoms with Crippen molar-refractivity contribution in [3.63, 3.8) is 0 Å². The molecular weight excluding hydrogens is 237 g/mol. The molecule has 0 saturated carbocycles. The van der Waals surface area contributed by atoms with Crippen LogP contribution in [0, 0.1) is 0 Å². The van der Waals surface area contributed by atoms with Crippen LogP contribution in [0.1, 0.15) is 51.3 Å². The normalized spacial score (nSPS) is 27.6. The van der Waals surface area contributed by atoms with E-state index in [2.05, 4.69) is 45.9 Å². The number of aryl methyl sites for hydroxylation is 1. The average Bonchev–Trinajstić information content (AvgIpc) is 2.78. The molecule has 0 amide bonds. The molecule has 1 aliphatic heterocycles. The van der Waals surface area contributed by atoms with E-state index in [1.54, 1.807) is 0 Å². The third kappa shape index (κ3) is 2.02. The van der Waals surface area contributed by atoms with Crippen LogP contribution in [0.25, 0.3) is 0 Å². The molecule has 0 bridgehead atoms. The van der Waals surface area contributed by atoms with E-state index in [1.165, 1.54) is 11.1 Å². The van der Waals surface area contributed by atoms with Crippen LogP contribution in [0.15, 0.2) is 18.2 Å². The quantitative estimate of drug-likeness (QED) is 0.784. The summed E-state index contributed by atoms with van der Waals surface area (Å²) >= 11 is 0. The summed E-state index contributed by atoms with van der Waals surface area (Å²) in [6.07, 6.45) is 2.10. The lowest BCUT2D eigenvalue weighted by atomic mass is 9.78. The maximum atomic E-state index is 6.08. The summed E-state index contributed by atoms with van der Waals surface area (Å²) in [6, 6.07) is 6.62. The summed E-state index contributed by atoms with van der Waals surface area (Å²) in [6.45, 7) is 8.32. The molecule has 1 atom stereocenters. The Morgan fingerprint density at radius 3 is 2.42 bits per heavy atom. The molecule has 2 N–H and O–H groups in total. The summed E-state index contributed by atoms with van der Waals surface area (Å²) in [5.41, 5.74) is 9.23. The molecule has 0 unspecified atom stereocenters. The summed E-state index contributed by atoms with van der Waals surface area (Å²) in [4.78, 5) is 0. The van der Waals surface area contributed by atoms with Crippen LogP contribution < -0.4 is 11.2 Å². The van der Waals surface area contributed by atoms with Crippen LogP contribution in [0.5, 0.6) is 0 Å². The Balaban J connectivity index is 1.89. The first kappa shape index (κ1) is 13.2. The van der Waals surface area contributed by atoms with Crippen LogP contribution in [0.2, 0.25) is 0 Å². The minimum Gasteiger partial charge on any atom is -0.399 e. The zero-order chi connectivity index (χ0) is 13.8. The average molecular weight is 259 g/mol. The van der Waals surface area contributed by atoms with Crippen molar-refractivity contribution in [2.75, 3.05) is 0 Å². The van der Waals surface area contributed by atoms with E-state index in [4.69, 9.17) is 15.0 Å². The second-order valence-electron chi connectivity index (χ2n) is 6.69. The number of hydrogen-bond acceptors (Lipinski definition) is 3. The largest absolute Gasteiger partial charge is 0.494 e. The van der Waals surface area contributed by atoms with E-state index in [-0.39, 0.29) is 24.4 Å². The summed E-state index contributed by atoms with van der Waals surface area (Å²) in [5, 5.41) is 0. The van der Waals surface area contributed by atoms with Crippen molar-refractivity contribution >= 4 is 12.6 Å². The molecule has 1 aromatic carbocycles. The van der Waals surface area contributed by atoms with Gasteiger partial charge in [-0.25, -0.2) is 0 Å². The molecular formula is C15H22BNO2. The van der Waals surface area contributed by atoms with Crippen molar-refractivity contribution < 1.29 is 9.31 Å².